The Labute approximate surface area is 160 Å². The van der Waals surface area contributed by atoms with Gasteiger partial charge in [0.05, 0.1) is 12.5 Å². The van der Waals surface area contributed by atoms with Crippen molar-refractivity contribution in [1.82, 2.24) is 16.0 Å². The lowest BCUT2D eigenvalue weighted by Crippen LogP contribution is -2.56. The van der Waals surface area contributed by atoms with Crippen LogP contribution in [0.1, 0.15) is 33.1 Å². The van der Waals surface area contributed by atoms with E-state index in [1.54, 1.807) is 0 Å². The van der Waals surface area contributed by atoms with Crippen LogP contribution in [0.2, 0.25) is 0 Å². The number of hydrogen-bond donors (Lipinski definition) is 7. The Morgan fingerprint density at radius 1 is 0.857 bits per heavy atom. The Morgan fingerprint density at radius 2 is 1.39 bits per heavy atom. The van der Waals surface area contributed by atoms with Gasteiger partial charge in [-0.2, -0.15) is 0 Å². The first-order valence-corrected chi connectivity index (χ1v) is 8.24. The maximum atomic E-state index is 12.2. The third-order valence-corrected chi connectivity index (χ3v) is 3.52. The van der Waals surface area contributed by atoms with Crippen LogP contribution in [0.3, 0.4) is 0 Å². The van der Waals surface area contributed by atoms with E-state index in [-0.39, 0.29) is 12.8 Å². The van der Waals surface area contributed by atoms with E-state index in [0.717, 1.165) is 0 Å². The minimum absolute atomic E-state index is 0.196. The van der Waals surface area contributed by atoms with Crippen LogP contribution in [0.5, 0.6) is 0 Å². The van der Waals surface area contributed by atoms with Gasteiger partial charge >= 0.3 is 11.9 Å². The number of primary amides is 1. The number of nitrogens with one attached hydrogen (secondary N) is 3. The van der Waals surface area contributed by atoms with Gasteiger partial charge in [-0.15, -0.1) is 0 Å². The van der Waals surface area contributed by atoms with E-state index in [9.17, 15) is 28.8 Å². The van der Waals surface area contributed by atoms with E-state index in [4.69, 9.17) is 21.7 Å². The van der Waals surface area contributed by atoms with Crippen molar-refractivity contribution in [3.63, 3.8) is 0 Å². The van der Waals surface area contributed by atoms with Gasteiger partial charge in [0.15, 0.2) is 0 Å². The Hall–Kier alpha value is -3.22. The number of carboxylic acids is 2. The lowest BCUT2D eigenvalue weighted by atomic mass is 10.1. The molecule has 0 bridgehead atoms. The molecular formula is C15H25N5O8. The Morgan fingerprint density at radius 3 is 1.86 bits per heavy atom. The molecule has 4 unspecified atom stereocenters. The van der Waals surface area contributed by atoms with Crippen molar-refractivity contribution >= 4 is 35.6 Å². The van der Waals surface area contributed by atoms with Crippen molar-refractivity contribution in [3.05, 3.63) is 0 Å². The lowest BCUT2D eigenvalue weighted by molar-refractivity contribution is -0.142. The zero-order valence-corrected chi connectivity index (χ0v) is 15.4. The van der Waals surface area contributed by atoms with Crippen LogP contribution in [0.15, 0.2) is 0 Å². The van der Waals surface area contributed by atoms with Crippen molar-refractivity contribution < 1.29 is 39.0 Å². The van der Waals surface area contributed by atoms with E-state index < -0.39 is 66.2 Å². The van der Waals surface area contributed by atoms with Gasteiger partial charge in [0.25, 0.3) is 0 Å². The standard InChI is InChI=1S/C15H25N5O8/c1-6(18-13(25)8(16)5-11(22)23)12(24)20-9(3-4-10(17)21)14(26)19-7(2)15(27)28/h6-9H,3-5,16H2,1-2H3,(H2,17,21)(H,18,25)(H,19,26)(H,20,24)(H,22,23)(H,27,28). The molecule has 0 aliphatic rings. The lowest BCUT2D eigenvalue weighted by Gasteiger charge is -2.22. The van der Waals surface area contributed by atoms with Gasteiger partial charge in [0.2, 0.25) is 23.6 Å². The second-order valence-corrected chi connectivity index (χ2v) is 6.07. The fourth-order valence-electron chi connectivity index (χ4n) is 1.89. The fourth-order valence-corrected chi connectivity index (χ4v) is 1.89. The maximum absolute atomic E-state index is 12.2. The molecule has 0 saturated carbocycles. The average Bonchev–Trinajstić information content (AvgIpc) is 2.56. The summed E-state index contributed by atoms with van der Waals surface area (Å²) in [6.45, 7) is 2.48. The number of amides is 4. The highest BCUT2D eigenvalue weighted by molar-refractivity contribution is 5.94. The van der Waals surface area contributed by atoms with Crippen LogP contribution in [0.4, 0.5) is 0 Å². The molecule has 0 heterocycles. The Bertz CT molecular complexity index is 638. The smallest absolute Gasteiger partial charge is 0.325 e. The Balaban J connectivity index is 4.98. The first kappa shape index (κ1) is 24.8. The quantitative estimate of drug-likeness (QED) is 0.172. The van der Waals surface area contributed by atoms with Gasteiger partial charge in [0, 0.05) is 6.42 Å². The predicted molar refractivity (Wildman–Crippen MR) is 93.4 cm³/mol. The van der Waals surface area contributed by atoms with Crippen LogP contribution in [-0.2, 0) is 28.8 Å². The van der Waals surface area contributed by atoms with Crippen LogP contribution >= 0.6 is 0 Å². The highest BCUT2D eigenvalue weighted by atomic mass is 16.4. The van der Waals surface area contributed by atoms with Crippen LogP contribution in [-0.4, -0.2) is 69.9 Å². The van der Waals surface area contributed by atoms with E-state index in [1.807, 2.05) is 0 Å². The topological polar surface area (TPSA) is 231 Å². The van der Waals surface area contributed by atoms with Gasteiger partial charge < -0.3 is 37.6 Å². The molecule has 0 aliphatic carbocycles. The third-order valence-electron chi connectivity index (χ3n) is 3.52. The first-order valence-electron chi connectivity index (χ1n) is 8.24. The predicted octanol–water partition coefficient (Wildman–Crippen LogP) is -3.37. The molecule has 4 amide bonds. The molecule has 0 aromatic heterocycles. The van der Waals surface area contributed by atoms with Gasteiger partial charge in [-0.1, -0.05) is 0 Å². The molecule has 158 valence electrons. The number of carbonyl (C=O) groups is 6. The molecule has 0 aromatic rings. The van der Waals surface area contributed by atoms with E-state index in [1.165, 1.54) is 13.8 Å². The minimum atomic E-state index is -1.38. The molecule has 0 spiro atoms. The van der Waals surface area contributed by atoms with E-state index >= 15 is 0 Å². The summed E-state index contributed by atoms with van der Waals surface area (Å²) >= 11 is 0. The Kier molecular flexibility index (Phi) is 10.2. The molecule has 13 heteroatoms. The van der Waals surface area contributed by atoms with Crippen molar-refractivity contribution in [2.75, 3.05) is 0 Å². The van der Waals surface area contributed by atoms with Crippen molar-refractivity contribution in [3.8, 4) is 0 Å². The second kappa shape index (κ2) is 11.5. The monoisotopic (exact) mass is 403 g/mol. The normalized spacial score (nSPS) is 14.7. The number of nitrogens with two attached hydrogens (primary N) is 2. The van der Waals surface area contributed by atoms with Crippen LogP contribution in [0.25, 0.3) is 0 Å². The molecule has 9 N–H and O–H groups in total. The molecule has 0 saturated heterocycles. The number of aliphatic carboxylic acids is 2. The molecule has 0 aromatic carbocycles. The van der Waals surface area contributed by atoms with E-state index in [0.29, 0.717) is 0 Å². The van der Waals surface area contributed by atoms with Crippen molar-refractivity contribution in [2.24, 2.45) is 11.5 Å². The van der Waals surface area contributed by atoms with Crippen LogP contribution < -0.4 is 27.4 Å². The molecule has 0 rings (SSSR count). The molecule has 0 aliphatic heterocycles. The number of hydrogen-bond acceptors (Lipinski definition) is 7. The second-order valence-electron chi connectivity index (χ2n) is 6.07. The summed E-state index contributed by atoms with van der Waals surface area (Å²) in [5.74, 6) is -5.91. The van der Waals surface area contributed by atoms with Crippen molar-refractivity contribution in [2.45, 2.75) is 57.3 Å². The molecule has 28 heavy (non-hydrogen) atoms. The zero-order chi connectivity index (χ0) is 22.0. The molecule has 13 nitrogen and oxygen atoms in total. The SMILES string of the molecule is CC(NC(=O)C(CCC(N)=O)NC(=O)C(C)NC(=O)C(N)CC(=O)O)C(=O)O. The minimum Gasteiger partial charge on any atom is -0.481 e. The van der Waals surface area contributed by atoms with E-state index in [2.05, 4.69) is 16.0 Å². The summed E-state index contributed by atoms with van der Waals surface area (Å²) in [4.78, 5) is 68.5. The zero-order valence-electron chi connectivity index (χ0n) is 15.4. The number of rotatable bonds is 12. The molecule has 4 atom stereocenters. The summed E-state index contributed by atoms with van der Waals surface area (Å²) in [5.41, 5.74) is 10.4. The van der Waals surface area contributed by atoms with Crippen molar-refractivity contribution in [1.29, 1.82) is 0 Å². The number of carbonyl (C=O) groups excluding carboxylic acids is 4. The third kappa shape index (κ3) is 9.47. The number of carboxylic acid groups (broad SMARTS) is 2. The highest BCUT2D eigenvalue weighted by Crippen LogP contribution is 2.00. The summed E-state index contributed by atoms with van der Waals surface area (Å²) in [6.07, 6.45) is -1.10. The first-order chi connectivity index (χ1) is 12.8. The van der Waals surface area contributed by atoms with Gasteiger partial charge in [-0.3, -0.25) is 28.8 Å². The molecule has 0 radical (unpaired) electrons. The maximum Gasteiger partial charge on any atom is 0.325 e. The van der Waals surface area contributed by atoms with Gasteiger partial charge in [-0.05, 0) is 20.3 Å². The fraction of sp³-hybridized carbons (Fsp3) is 0.600. The average molecular weight is 403 g/mol. The largest absolute Gasteiger partial charge is 0.481 e. The van der Waals surface area contributed by atoms with Gasteiger partial charge in [-0.25, -0.2) is 0 Å². The summed E-state index contributed by atoms with van der Waals surface area (Å²) in [5, 5.41) is 24.1. The van der Waals surface area contributed by atoms with Gasteiger partial charge in [0.1, 0.15) is 18.1 Å². The highest BCUT2D eigenvalue weighted by Gasteiger charge is 2.28. The molecule has 0 fully saturated rings. The summed E-state index contributed by atoms with van der Waals surface area (Å²) < 4.78 is 0. The summed E-state index contributed by atoms with van der Waals surface area (Å²) in [6, 6.07) is -5.09. The van der Waals surface area contributed by atoms with Crippen LogP contribution in [0, 0.1) is 0 Å². The summed E-state index contributed by atoms with van der Waals surface area (Å²) in [7, 11) is 0. The molecular weight excluding hydrogens is 378 g/mol.